The second-order valence-corrected chi connectivity index (χ2v) is 7.37. The Labute approximate surface area is 136 Å². The quantitative estimate of drug-likeness (QED) is 0.727. The molecule has 2 fully saturated rings. The fraction of sp³-hybridized carbons (Fsp3) is 0.867. The molecule has 2 aliphatic rings. The van der Waals surface area contributed by atoms with Gasteiger partial charge in [-0.15, -0.1) is 0 Å². The largest absolute Gasteiger partial charge is 0.396 e. The van der Waals surface area contributed by atoms with E-state index in [0.29, 0.717) is 5.75 Å². The number of aliphatic hydroxyl groups is 1. The molecule has 2 saturated heterocycles. The van der Waals surface area contributed by atoms with Crippen LogP contribution in [0.3, 0.4) is 0 Å². The topological polar surface area (TPSA) is 86.9 Å². The molecule has 2 rings (SSSR count). The summed E-state index contributed by atoms with van der Waals surface area (Å²) in [7, 11) is 0. The van der Waals surface area contributed by atoms with Crippen LogP contribution in [0.1, 0.15) is 19.3 Å². The molecule has 6 nitrogen and oxygen atoms in total. The SMILES string of the molecule is CSCC(=O)N1CCC2(CCN(CC(N)=O)CC2CO)CC1. The number of likely N-dealkylation sites (tertiary alicyclic amines) is 2. The summed E-state index contributed by atoms with van der Waals surface area (Å²) in [6.07, 6.45) is 4.81. The van der Waals surface area contributed by atoms with E-state index in [1.165, 1.54) is 0 Å². The van der Waals surface area contributed by atoms with Gasteiger partial charge in [0.05, 0.1) is 12.3 Å². The summed E-state index contributed by atoms with van der Waals surface area (Å²) < 4.78 is 0. The van der Waals surface area contributed by atoms with Crippen LogP contribution in [0.2, 0.25) is 0 Å². The minimum Gasteiger partial charge on any atom is -0.396 e. The van der Waals surface area contributed by atoms with Gasteiger partial charge in [-0.05, 0) is 37.5 Å². The summed E-state index contributed by atoms with van der Waals surface area (Å²) in [5.41, 5.74) is 5.38. The first-order valence-corrected chi connectivity index (χ1v) is 9.28. The number of carbonyl (C=O) groups excluding carboxylic acids is 2. The van der Waals surface area contributed by atoms with E-state index in [-0.39, 0.29) is 36.3 Å². The first kappa shape index (κ1) is 17.6. The smallest absolute Gasteiger partial charge is 0.232 e. The van der Waals surface area contributed by atoms with Gasteiger partial charge in [-0.2, -0.15) is 11.8 Å². The van der Waals surface area contributed by atoms with Gasteiger partial charge in [0.15, 0.2) is 0 Å². The highest BCUT2D eigenvalue weighted by atomic mass is 32.2. The van der Waals surface area contributed by atoms with Crippen molar-refractivity contribution in [3.63, 3.8) is 0 Å². The molecule has 22 heavy (non-hydrogen) atoms. The number of thioether (sulfide) groups is 1. The molecule has 126 valence electrons. The van der Waals surface area contributed by atoms with Gasteiger partial charge in [-0.1, -0.05) is 0 Å². The third kappa shape index (κ3) is 3.94. The molecule has 0 radical (unpaired) electrons. The number of aliphatic hydroxyl groups excluding tert-OH is 1. The third-order valence-electron chi connectivity index (χ3n) is 5.25. The molecule has 2 amide bonds. The summed E-state index contributed by atoms with van der Waals surface area (Å²) in [6.45, 7) is 3.53. The predicted octanol–water partition coefficient (Wildman–Crippen LogP) is -0.242. The molecular formula is C15H27N3O3S. The molecule has 2 aliphatic heterocycles. The number of hydrogen-bond donors (Lipinski definition) is 2. The zero-order chi connectivity index (χ0) is 16.2. The predicted molar refractivity (Wildman–Crippen MR) is 87.5 cm³/mol. The lowest BCUT2D eigenvalue weighted by Gasteiger charge is -2.51. The summed E-state index contributed by atoms with van der Waals surface area (Å²) >= 11 is 1.56. The molecule has 1 unspecified atom stereocenters. The number of piperidine rings is 2. The number of nitrogens with zero attached hydrogens (tertiary/aromatic N) is 2. The molecule has 1 atom stereocenters. The van der Waals surface area contributed by atoms with Gasteiger partial charge in [-0.3, -0.25) is 14.5 Å². The normalized spacial score (nSPS) is 25.4. The van der Waals surface area contributed by atoms with Crippen LogP contribution in [0.5, 0.6) is 0 Å². The van der Waals surface area contributed by atoms with E-state index in [0.717, 1.165) is 45.4 Å². The van der Waals surface area contributed by atoms with Crippen LogP contribution in [0.4, 0.5) is 0 Å². The molecular weight excluding hydrogens is 302 g/mol. The summed E-state index contributed by atoms with van der Waals surface area (Å²) in [5.74, 6) is 0.612. The Morgan fingerprint density at radius 1 is 1.27 bits per heavy atom. The second kappa shape index (κ2) is 7.66. The zero-order valence-electron chi connectivity index (χ0n) is 13.3. The molecule has 0 saturated carbocycles. The molecule has 7 heteroatoms. The van der Waals surface area contributed by atoms with Crippen molar-refractivity contribution in [2.45, 2.75) is 19.3 Å². The van der Waals surface area contributed by atoms with Crippen molar-refractivity contribution in [2.24, 2.45) is 17.1 Å². The van der Waals surface area contributed by atoms with E-state index in [1.54, 1.807) is 11.8 Å². The highest BCUT2D eigenvalue weighted by Crippen LogP contribution is 2.45. The number of carbonyl (C=O) groups is 2. The monoisotopic (exact) mass is 329 g/mol. The van der Waals surface area contributed by atoms with Crippen molar-refractivity contribution >= 4 is 23.6 Å². The minimum absolute atomic E-state index is 0.110. The lowest BCUT2D eigenvalue weighted by atomic mass is 9.64. The maximum atomic E-state index is 12.0. The van der Waals surface area contributed by atoms with Crippen molar-refractivity contribution in [1.29, 1.82) is 0 Å². The first-order chi connectivity index (χ1) is 10.5. The van der Waals surface area contributed by atoms with Gasteiger partial charge in [0.1, 0.15) is 0 Å². The van der Waals surface area contributed by atoms with Crippen LogP contribution in [0.25, 0.3) is 0 Å². The number of nitrogens with two attached hydrogens (primary N) is 1. The van der Waals surface area contributed by atoms with Crippen LogP contribution in [-0.4, -0.2) is 78.1 Å². The van der Waals surface area contributed by atoms with Crippen molar-refractivity contribution in [3.8, 4) is 0 Å². The fourth-order valence-electron chi connectivity index (χ4n) is 3.87. The van der Waals surface area contributed by atoms with Crippen LogP contribution in [-0.2, 0) is 9.59 Å². The van der Waals surface area contributed by atoms with Gasteiger partial charge in [0.25, 0.3) is 0 Å². The fourth-order valence-corrected chi connectivity index (χ4v) is 4.30. The van der Waals surface area contributed by atoms with Gasteiger partial charge < -0.3 is 15.7 Å². The van der Waals surface area contributed by atoms with Gasteiger partial charge in [0.2, 0.25) is 11.8 Å². The summed E-state index contributed by atoms with van der Waals surface area (Å²) in [4.78, 5) is 27.1. The molecule has 0 aromatic carbocycles. The summed E-state index contributed by atoms with van der Waals surface area (Å²) in [5, 5.41) is 9.79. The Hall–Kier alpha value is -0.790. The second-order valence-electron chi connectivity index (χ2n) is 6.51. The van der Waals surface area contributed by atoms with Crippen molar-refractivity contribution < 1.29 is 14.7 Å². The van der Waals surface area contributed by atoms with Gasteiger partial charge in [0, 0.05) is 32.2 Å². The van der Waals surface area contributed by atoms with Gasteiger partial charge in [-0.25, -0.2) is 0 Å². The van der Waals surface area contributed by atoms with E-state index in [9.17, 15) is 14.7 Å². The maximum absolute atomic E-state index is 12.0. The van der Waals surface area contributed by atoms with Crippen LogP contribution in [0.15, 0.2) is 0 Å². The molecule has 0 aliphatic carbocycles. The Balaban J connectivity index is 1.94. The molecule has 0 aromatic heterocycles. The van der Waals surface area contributed by atoms with Crippen LogP contribution >= 0.6 is 11.8 Å². The molecule has 2 heterocycles. The standard InChI is InChI=1S/C15H27N3O3S/c1-22-11-14(21)18-6-3-15(4-7-18)2-5-17(9-13(16)20)8-12(15)10-19/h12,19H,2-11H2,1H3,(H2,16,20). The van der Waals surface area contributed by atoms with Crippen LogP contribution in [0, 0.1) is 11.3 Å². The Morgan fingerprint density at radius 3 is 2.45 bits per heavy atom. The minimum atomic E-state index is -0.315. The average molecular weight is 329 g/mol. The molecule has 0 bridgehead atoms. The average Bonchev–Trinajstić information content (AvgIpc) is 2.50. The van der Waals surface area contributed by atoms with Crippen LogP contribution < -0.4 is 5.73 Å². The molecule has 1 spiro atoms. The Bertz CT molecular complexity index is 411. The molecule has 3 N–H and O–H groups in total. The van der Waals surface area contributed by atoms with E-state index >= 15 is 0 Å². The number of hydrogen-bond acceptors (Lipinski definition) is 5. The van der Waals surface area contributed by atoms with Crippen molar-refractivity contribution in [1.82, 2.24) is 9.80 Å². The number of amides is 2. The van der Waals surface area contributed by atoms with E-state index in [2.05, 4.69) is 0 Å². The van der Waals surface area contributed by atoms with Crippen molar-refractivity contribution in [2.75, 3.05) is 51.3 Å². The zero-order valence-corrected chi connectivity index (χ0v) is 14.1. The van der Waals surface area contributed by atoms with E-state index < -0.39 is 0 Å². The van der Waals surface area contributed by atoms with E-state index in [4.69, 9.17) is 5.73 Å². The highest BCUT2D eigenvalue weighted by molar-refractivity contribution is 7.99. The van der Waals surface area contributed by atoms with Crippen molar-refractivity contribution in [3.05, 3.63) is 0 Å². The maximum Gasteiger partial charge on any atom is 0.232 e. The Kier molecular flexibility index (Phi) is 6.11. The number of rotatable bonds is 5. The first-order valence-electron chi connectivity index (χ1n) is 7.89. The highest BCUT2D eigenvalue weighted by Gasteiger charge is 2.45. The Morgan fingerprint density at radius 2 is 1.91 bits per heavy atom. The van der Waals surface area contributed by atoms with E-state index in [1.807, 2.05) is 16.1 Å². The third-order valence-corrected chi connectivity index (χ3v) is 5.79. The lowest BCUT2D eigenvalue weighted by Crippen LogP contribution is -2.55. The van der Waals surface area contributed by atoms with Gasteiger partial charge >= 0.3 is 0 Å². The summed E-state index contributed by atoms with van der Waals surface area (Å²) in [6, 6.07) is 0. The molecule has 0 aromatic rings. The lowest BCUT2D eigenvalue weighted by molar-refractivity contribution is -0.133. The number of primary amides is 1.